The second-order valence-electron chi connectivity index (χ2n) is 4.25. The average molecular weight is 280 g/mol. The Labute approximate surface area is 115 Å². The van der Waals surface area contributed by atoms with Gasteiger partial charge in [-0.2, -0.15) is 0 Å². The van der Waals surface area contributed by atoms with Gasteiger partial charge in [0, 0.05) is 12.5 Å². The normalized spacial score (nSPS) is 10.6. The molecule has 0 unspecified atom stereocenters. The summed E-state index contributed by atoms with van der Waals surface area (Å²) in [6, 6.07) is 1.63. The van der Waals surface area contributed by atoms with Crippen LogP contribution in [0.2, 0.25) is 0 Å². The number of esters is 1. The van der Waals surface area contributed by atoms with E-state index in [0.29, 0.717) is 24.0 Å². The maximum atomic E-state index is 11.6. The smallest absolute Gasteiger partial charge is 0.306 e. The minimum absolute atomic E-state index is 0.0350. The molecule has 0 aromatic carbocycles. The highest BCUT2D eigenvalue weighted by atomic mass is 16.5. The number of rotatable bonds is 6. The average Bonchev–Trinajstić information content (AvgIpc) is 3.01. The van der Waals surface area contributed by atoms with E-state index in [9.17, 15) is 4.79 Å². The molecule has 7 heteroatoms. The zero-order chi connectivity index (χ0) is 14.5. The lowest BCUT2D eigenvalue weighted by Crippen LogP contribution is -2.05. The van der Waals surface area contributed by atoms with Crippen LogP contribution in [-0.4, -0.2) is 23.2 Å². The Morgan fingerprint density at radius 2 is 2.20 bits per heavy atom. The molecule has 2 heterocycles. The third-order valence-corrected chi connectivity index (χ3v) is 2.75. The number of aromatic nitrogens is 2. The van der Waals surface area contributed by atoms with Crippen LogP contribution in [0.25, 0.3) is 0 Å². The molecule has 0 radical (unpaired) electrons. The van der Waals surface area contributed by atoms with E-state index in [2.05, 4.69) is 10.1 Å². The van der Waals surface area contributed by atoms with Gasteiger partial charge in [-0.25, -0.2) is 4.98 Å². The molecule has 0 amide bonds. The van der Waals surface area contributed by atoms with Crippen LogP contribution in [0.5, 0.6) is 5.88 Å². The first-order chi connectivity index (χ1) is 9.58. The lowest BCUT2D eigenvalue weighted by atomic mass is 10.2. The van der Waals surface area contributed by atoms with Gasteiger partial charge in [0.25, 0.3) is 5.88 Å². The Kier molecular flexibility index (Phi) is 4.39. The van der Waals surface area contributed by atoms with Crippen molar-refractivity contribution in [1.82, 2.24) is 10.1 Å². The first-order valence-electron chi connectivity index (χ1n) is 6.16. The van der Waals surface area contributed by atoms with Crippen molar-refractivity contribution in [2.24, 2.45) is 0 Å². The largest absolute Gasteiger partial charge is 0.479 e. The molecule has 0 spiro atoms. The molecule has 0 saturated carbocycles. The molecular weight excluding hydrogens is 264 g/mol. The zero-order valence-corrected chi connectivity index (χ0v) is 11.6. The highest BCUT2D eigenvalue weighted by Gasteiger charge is 2.11. The topological polar surface area (TPSA) is 87.6 Å². The summed E-state index contributed by atoms with van der Waals surface area (Å²) < 4.78 is 20.2. The number of hydrogen-bond donors (Lipinski definition) is 0. The van der Waals surface area contributed by atoms with E-state index in [1.807, 2.05) is 13.8 Å². The van der Waals surface area contributed by atoms with Crippen molar-refractivity contribution < 1.29 is 23.2 Å². The summed E-state index contributed by atoms with van der Waals surface area (Å²) in [4.78, 5) is 15.7. The molecular formula is C13H16N2O5. The molecule has 2 aromatic heterocycles. The third-order valence-electron chi connectivity index (χ3n) is 2.75. The number of ether oxygens (including phenoxy) is 2. The van der Waals surface area contributed by atoms with E-state index in [0.717, 1.165) is 11.5 Å². The van der Waals surface area contributed by atoms with Crippen LogP contribution in [0, 0.1) is 13.8 Å². The molecule has 108 valence electrons. The number of carbonyl (C=O) groups is 1. The number of aryl methyl sites for hydroxylation is 3. The summed E-state index contributed by atoms with van der Waals surface area (Å²) in [5, 5.41) is 3.64. The number of hydrogen-bond acceptors (Lipinski definition) is 7. The number of methoxy groups -OCH3 is 1. The van der Waals surface area contributed by atoms with E-state index in [-0.39, 0.29) is 19.0 Å². The zero-order valence-electron chi connectivity index (χ0n) is 11.6. The van der Waals surface area contributed by atoms with Crippen LogP contribution in [-0.2, 0) is 22.6 Å². The molecule has 20 heavy (non-hydrogen) atoms. The van der Waals surface area contributed by atoms with E-state index in [1.54, 1.807) is 6.07 Å². The van der Waals surface area contributed by atoms with E-state index in [1.165, 1.54) is 7.11 Å². The van der Waals surface area contributed by atoms with Crippen LogP contribution < -0.4 is 4.74 Å². The second-order valence-corrected chi connectivity index (χ2v) is 4.25. The monoisotopic (exact) mass is 280 g/mol. The molecule has 2 aromatic rings. The first-order valence-corrected chi connectivity index (χ1v) is 6.16. The Morgan fingerprint density at radius 3 is 2.80 bits per heavy atom. The summed E-state index contributed by atoms with van der Waals surface area (Å²) in [6.45, 7) is 3.68. The lowest BCUT2D eigenvalue weighted by Gasteiger charge is -2.00. The van der Waals surface area contributed by atoms with Gasteiger partial charge in [0.05, 0.1) is 19.2 Å². The predicted octanol–water partition coefficient (Wildman–Crippen LogP) is 1.96. The molecule has 2 rings (SSSR count). The fourth-order valence-corrected chi connectivity index (χ4v) is 1.55. The van der Waals surface area contributed by atoms with Crippen molar-refractivity contribution in [3.8, 4) is 5.88 Å². The molecule has 0 aliphatic carbocycles. The van der Waals surface area contributed by atoms with Crippen molar-refractivity contribution in [3.63, 3.8) is 0 Å². The Hall–Kier alpha value is -2.31. The van der Waals surface area contributed by atoms with Gasteiger partial charge in [0.2, 0.25) is 5.89 Å². The fraction of sp³-hybridized carbons (Fsp3) is 0.462. The van der Waals surface area contributed by atoms with Gasteiger partial charge in [-0.1, -0.05) is 0 Å². The standard InChI is InChI=1S/C13H16N2O5/c1-8-9(2)19-12(14-8)7-18-13(16)5-4-10-6-11(17-3)15-20-10/h6H,4-5,7H2,1-3H3. The lowest BCUT2D eigenvalue weighted by molar-refractivity contribution is -0.145. The Bertz CT molecular complexity index is 568. The fourth-order valence-electron chi connectivity index (χ4n) is 1.55. The van der Waals surface area contributed by atoms with Gasteiger partial charge in [-0.05, 0) is 19.0 Å². The van der Waals surface area contributed by atoms with Crippen LogP contribution in [0.4, 0.5) is 0 Å². The van der Waals surface area contributed by atoms with Gasteiger partial charge >= 0.3 is 5.97 Å². The highest BCUT2D eigenvalue weighted by Crippen LogP contribution is 2.13. The number of nitrogens with zero attached hydrogens (tertiary/aromatic N) is 2. The van der Waals surface area contributed by atoms with Gasteiger partial charge < -0.3 is 18.4 Å². The van der Waals surface area contributed by atoms with Crippen molar-refractivity contribution in [2.75, 3.05) is 7.11 Å². The van der Waals surface area contributed by atoms with Gasteiger partial charge in [-0.15, -0.1) is 0 Å². The maximum absolute atomic E-state index is 11.6. The maximum Gasteiger partial charge on any atom is 0.306 e. The van der Waals surface area contributed by atoms with Gasteiger partial charge in [0.15, 0.2) is 6.61 Å². The molecule has 0 fully saturated rings. The van der Waals surface area contributed by atoms with Crippen molar-refractivity contribution >= 4 is 5.97 Å². The van der Waals surface area contributed by atoms with Crippen molar-refractivity contribution in [1.29, 1.82) is 0 Å². The highest BCUT2D eigenvalue weighted by molar-refractivity contribution is 5.69. The Balaban J connectivity index is 1.75. The van der Waals surface area contributed by atoms with Crippen LogP contribution in [0.1, 0.15) is 29.5 Å². The first kappa shape index (κ1) is 14.1. The van der Waals surface area contributed by atoms with Crippen LogP contribution in [0.15, 0.2) is 15.0 Å². The summed E-state index contributed by atoms with van der Waals surface area (Å²) in [5.74, 6) is 1.73. The summed E-state index contributed by atoms with van der Waals surface area (Å²) in [5.41, 5.74) is 0.796. The third kappa shape index (κ3) is 3.59. The summed E-state index contributed by atoms with van der Waals surface area (Å²) >= 11 is 0. The van der Waals surface area contributed by atoms with Gasteiger partial charge in [-0.3, -0.25) is 4.79 Å². The molecule has 0 aliphatic heterocycles. The SMILES string of the molecule is COc1cc(CCC(=O)OCc2nc(C)c(C)o2)on1. The van der Waals surface area contributed by atoms with Gasteiger partial charge in [0.1, 0.15) is 11.5 Å². The number of carbonyl (C=O) groups excluding carboxylic acids is 1. The second kappa shape index (κ2) is 6.23. The molecule has 0 saturated heterocycles. The molecule has 7 nitrogen and oxygen atoms in total. The minimum atomic E-state index is -0.353. The quantitative estimate of drug-likeness (QED) is 0.747. The molecule has 0 aliphatic rings. The number of oxazole rings is 1. The summed E-state index contributed by atoms with van der Waals surface area (Å²) in [6.07, 6.45) is 0.593. The van der Waals surface area contributed by atoms with E-state index >= 15 is 0 Å². The van der Waals surface area contributed by atoms with Crippen LogP contribution >= 0.6 is 0 Å². The van der Waals surface area contributed by atoms with E-state index in [4.69, 9.17) is 18.4 Å². The molecule has 0 N–H and O–H groups in total. The Morgan fingerprint density at radius 1 is 1.40 bits per heavy atom. The molecule has 0 atom stereocenters. The minimum Gasteiger partial charge on any atom is -0.479 e. The predicted molar refractivity (Wildman–Crippen MR) is 67.1 cm³/mol. The van der Waals surface area contributed by atoms with E-state index < -0.39 is 0 Å². The van der Waals surface area contributed by atoms with Crippen molar-refractivity contribution in [2.45, 2.75) is 33.3 Å². The molecule has 0 bridgehead atoms. The van der Waals surface area contributed by atoms with Crippen LogP contribution in [0.3, 0.4) is 0 Å². The summed E-state index contributed by atoms with van der Waals surface area (Å²) in [7, 11) is 1.50. The van der Waals surface area contributed by atoms with Crippen molar-refractivity contribution in [3.05, 3.63) is 29.2 Å².